The third-order valence-corrected chi connectivity index (χ3v) is 0.988. The maximum atomic E-state index is 5.28. The molecule has 0 spiro atoms. The molecule has 0 saturated heterocycles. The maximum absolute atomic E-state index is 5.28. The van der Waals surface area contributed by atoms with E-state index in [1.54, 1.807) is 0 Å². The summed E-state index contributed by atoms with van der Waals surface area (Å²) >= 11 is 0. The Bertz CT molecular complexity index is 121. The standard InChI is InChI=1S/C7H12N2/c1-3-6-9-7(2)4-5-8/h1,6-7H,4-5,8H2,2H3/b9-6-. The molecule has 0 amide bonds. The number of aliphatic imine (C=N–C) groups is 1. The van der Waals surface area contributed by atoms with Gasteiger partial charge in [0.1, 0.15) is 0 Å². The van der Waals surface area contributed by atoms with E-state index in [1.807, 2.05) is 6.92 Å². The molecule has 0 aliphatic carbocycles. The topological polar surface area (TPSA) is 38.4 Å². The van der Waals surface area contributed by atoms with Gasteiger partial charge in [0, 0.05) is 6.04 Å². The third-order valence-electron chi connectivity index (χ3n) is 0.988. The zero-order chi connectivity index (χ0) is 7.11. The summed E-state index contributed by atoms with van der Waals surface area (Å²) in [4.78, 5) is 3.99. The summed E-state index contributed by atoms with van der Waals surface area (Å²) in [6.45, 7) is 2.66. The van der Waals surface area contributed by atoms with Crippen molar-refractivity contribution in [2.24, 2.45) is 10.7 Å². The minimum absolute atomic E-state index is 0.269. The highest BCUT2D eigenvalue weighted by Gasteiger charge is 1.92. The number of rotatable bonds is 3. The van der Waals surface area contributed by atoms with Crippen LogP contribution in [0.1, 0.15) is 13.3 Å². The molecule has 1 atom stereocenters. The number of hydrogen-bond donors (Lipinski definition) is 1. The molecule has 0 fully saturated rings. The molecule has 2 N–H and O–H groups in total. The lowest BCUT2D eigenvalue weighted by atomic mass is 10.2. The van der Waals surface area contributed by atoms with Crippen molar-refractivity contribution in [1.29, 1.82) is 0 Å². The van der Waals surface area contributed by atoms with Crippen LogP contribution in [0.25, 0.3) is 0 Å². The van der Waals surface area contributed by atoms with Crippen LogP contribution in [0.15, 0.2) is 4.99 Å². The molecule has 2 nitrogen and oxygen atoms in total. The molecule has 0 aliphatic heterocycles. The van der Waals surface area contributed by atoms with Gasteiger partial charge >= 0.3 is 0 Å². The fourth-order valence-corrected chi connectivity index (χ4v) is 0.486. The molecule has 2 heteroatoms. The largest absolute Gasteiger partial charge is 0.330 e. The highest BCUT2D eigenvalue weighted by Crippen LogP contribution is 1.91. The maximum Gasteiger partial charge on any atom is 0.0711 e. The number of nitrogens with two attached hydrogens (primary N) is 1. The van der Waals surface area contributed by atoms with E-state index >= 15 is 0 Å². The first-order valence-electron chi connectivity index (χ1n) is 2.99. The van der Waals surface area contributed by atoms with Gasteiger partial charge in [0.15, 0.2) is 0 Å². The third kappa shape index (κ3) is 5.05. The Balaban J connectivity index is 3.39. The lowest BCUT2D eigenvalue weighted by molar-refractivity contribution is 0.681. The van der Waals surface area contributed by atoms with Crippen LogP contribution in [0, 0.1) is 12.3 Å². The summed E-state index contributed by atoms with van der Waals surface area (Å²) < 4.78 is 0. The molecule has 50 valence electrons. The Hall–Kier alpha value is -0.810. The molecule has 0 aromatic rings. The first-order chi connectivity index (χ1) is 4.31. The summed E-state index contributed by atoms with van der Waals surface area (Å²) in [5.74, 6) is 2.32. The van der Waals surface area contributed by atoms with E-state index < -0.39 is 0 Å². The fraction of sp³-hybridized carbons (Fsp3) is 0.571. The van der Waals surface area contributed by atoms with Gasteiger partial charge in [0.25, 0.3) is 0 Å². The Morgan fingerprint density at radius 2 is 2.56 bits per heavy atom. The van der Waals surface area contributed by atoms with E-state index in [0.29, 0.717) is 6.54 Å². The lowest BCUT2D eigenvalue weighted by Crippen LogP contribution is -2.07. The van der Waals surface area contributed by atoms with Crippen molar-refractivity contribution in [3.63, 3.8) is 0 Å². The Kier molecular flexibility index (Phi) is 4.85. The van der Waals surface area contributed by atoms with Gasteiger partial charge in [0.05, 0.1) is 6.21 Å². The summed E-state index contributed by atoms with van der Waals surface area (Å²) in [6.07, 6.45) is 7.32. The van der Waals surface area contributed by atoms with E-state index in [9.17, 15) is 0 Å². The molecule has 0 bridgehead atoms. The van der Waals surface area contributed by atoms with Crippen LogP contribution in [0.4, 0.5) is 0 Å². The second-order valence-electron chi connectivity index (χ2n) is 1.87. The van der Waals surface area contributed by atoms with Crippen LogP contribution in [-0.4, -0.2) is 18.8 Å². The van der Waals surface area contributed by atoms with Gasteiger partial charge in [-0.1, -0.05) is 5.92 Å². The van der Waals surface area contributed by atoms with Crippen LogP contribution in [0.3, 0.4) is 0 Å². The predicted octanol–water partition coefficient (Wildman–Crippen LogP) is 0.428. The monoisotopic (exact) mass is 124 g/mol. The van der Waals surface area contributed by atoms with Gasteiger partial charge in [-0.15, -0.1) is 6.42 Å². The van der Waals surface area contributed by atoms with Gasteiger partial charge in [-0.25, -0.2) is 0 Å². The van der Waals surface area contributed by atoms with Crippen LogP contribution in [0.2, 0.25) is 0 Å². The van der Waals surface area contributed by atoms with Crippen molar-refractivity contribution in [1.82, 2.24) is 0 Å². The first-order valence-corrected chi connectivity index (χ1v) is 2.99. The van der Waals surface area contributed by atoms with Gasteiger partial charge in [0.2, 0.25) is 0 Å². The quantitative estimate of drug-likeness (QED) is 0.430. The molecule has 0 aromatic carbocycles. The highest BCUT2D eigenvalue weighted by atomic mass is 14.8. The first kappa shape index (κ1) is 8.19. The Labute approximate surface area is 56.2 Å². The molecule has 1 unspecified atom stereocenters. The van der Waals surface area contributed by atoms with E-state index in [-0.39, 0.29) is 6.04 Å². The van der Waals surface area contributed by atoms with Crippen molar-refractivity contribution in [3.8, 4) is 12.3 Å². The smallest absolute Gasteiger partial charge is 0.0711 e. The Morgan fingerprint density at radius 3 is 3.00 bits per heavy atom. The second-order valence-corrected chi connectivity index (χ2v) is 1.87. The molecule has 0 heterocycles. The minimum Gasteiger partial charge on any atom is -0.330 e. The van der Waals surface area contributed by atoms with E-state index in [1.165, 1.54) is 6.21 Å². The summed E-state index contributed by atoms with van der Waals surface area (Å²) in [7, 11) is 0. The van der Waals surface area contributed by atoms with Crippen molar-refractivity contribution >= 4 is 6.21 Å². The molecule has 0 rings (SSSR count). The van der Waals surface area contributed by atoms with Crippen molar-refractivity contribution < 1.29 is 0 Å². The average Bonchev–Trinajstić information content (AvgIpc) is 1.85. The molecule has 0 aromatic heterocycles. The van der Waals surface area contributed by atoms with Crippen molar-refractivity contribution in [3.05, 3.63) is 0 Å². The van der Waals surface area contributed by atoms with Crippen LogP contribution < -0.4 is 5.73 Å². The molecule has 0 saturated carbocycles. The fourth-order valence-electron chi connectivity index (χ4n) is 0.486. The number of hydrogen-bond acceptors (Lipinski definition) is 2. The normalized spacial score (nSPS) is 13.4. The lowest BCUT2D eigenvalue weighted by Gasteiger charge is -1.99. The van der Waals surface area contributed by atoms with E-state index in [2.05, 4.69) is 10.9 Å². The van der Waals surface area contributed by atoms with E-state index in [4.69, 9.17) is 12.2 Å². The van der Waals surface area contributed by atoms with Gasteiger partial charge in [-0.3, -0.25) is 4.99 Å². The summed E-state index contributed by atoms with van der Waals surface area (Å²) in [6, 6.07) is 0.269. The van der Waals surface area contributed by atoms with Gasteiger partial charge in [-0.05, 0) is 19.9 Å². The van der Waals surface area contributed by atoms with Crippen molar-refractivity contribution in [2.75, 3.05) is 6.54 Å². The Morgan fingerprint density at radius 1 is 1.89 bits per heavy atom. The second kappa shape index (κ2) is 5.33. The molecule has 0 aliphatic rings. The van der Waals surface area contributed by atoms with Gasteiger partial charge < -0.3 is 5.73 Å². The predicted molar refractivity (Wildman–Crippen MR) is 40.5 cm³/mol. The minimum atomic E-state index is 0.269. The highest BCUT2D eigenvalue weighted by molar-refractivity contribution is 5.77. The summed E-state index contributed by atoms with van der Waals surface area (Å²) in [5, 5.41) is 0. The van der Waals surface area contributed by atoms with Crippen LogP contribution in [0.5, 0.6) is 0 Å². The molecule has 9 heavy (non-hydrogen) atoms. The number of nitrogens with zero attached hydrogens (tertiary/aromatic N) is 1. The van der Waals surface area contributed by atoms with Crippen LogP contribution in [-0.2, 0) is 0 Å². The SMILES string of the molecule is C#C/C=N\C(C)CCN. The van der Waals surface area contributed by atoms with Gasteiger partial charge in [-0.2, -0.15) is 0 Å². The van der Waals surface area contributed by atoms with Crippen LogP contribution >= 0.6 is 0 Å². The molecule has 0 radical (unpaired) electrons. The zero-order valence-electron chi connectivity index (χ0n) is 5.67. The average molecular weight is 124 g/mol. The molecular formula is C7H12N2. The zero-order valence-corrected chi connectivity index (χ0v) is 5.67. The number of terminal acetylenes is 1. The van der Waals surface area contributed by atoms with Crippen molar-refractivity contribution in [2.45, 2.75) is 19.4 Å². The summed E-state index contributed by atoms with van der Waals surface area (Å²) in [5.41, 5.74) is 5.28. The molecular weight excluding hydrogens is 112 g/mol. The van der Waals surface area contributed by atoms with E-state index in [0.717, 1.165) is 6.42 Å².